The van der Waals surface area contributed by atoms with Gasteiger partial charge in [-0.05, 0) is 87.4 Å². The van der Waals surface area contributed by atoms with E-state index in [1.165, 1.54) is 96.3 Å². The Bertz CT molecular complexity index is 461. The van der Waals surface area contributed by atoms with E-state index in [0.29, 0.717) is 0 Å². The lowest BCUT2D eigenvalue weighted by Gasteiger charge is -2.43. The first-order valence-corrected chi connectivity index (χ1v) is 12.6. The summed E-state index contributed by atoms with van der Waals surface area (Å²) in [6.45, 7) is 4.56. The van der Waals surface area contributed by atoms with Crippen molar-refractivity contribution < 1.29 is 0 Å². The Morgan fingerprint density at radius 1 is 0.778 bits per heavy atom. The quantitative estimate of drug-likeness (QED) is 0.413. The van der Waals surface area contributed by atoms with Crippen LogP contribution in [0.3, 0.4) is 0 Å². The van der Waals surface area contributed by atoms with Crippen LogP contribution >= 0.6 is 0 Å². The standard InChI is InChI=1S/C26H45N/c1-3-5-6-8-21-10-12-22(13-11-21)23-14-16-24(17-15-23)25-9-7-18-26(4-2,19-25)20-27/h21-25H,3-19H2,1-2H3/t21-,22-,23-,24-,25?,26?. The smallest absolute Gasteiger partial charge is 0.0689 e. The zero-order valence-corrected chi connectivity index (χ0v) is 18.4. The fraction of sp³-hybridized carbons (Fsp3) is 0.962. The Labute approximate surface area is 169 Å². The normalized spacial score (nSPS) is 40.4. The molecular weight excluding hydrogens is 326 g/mol. The minimum Gasteiger partial charge on any atom is -0.198 e. The van der Waals surface area contributed by atoms with Gasteiger partial charge in [0.1, 0.15) is 0 Å². The third kappa shape index (κ3) is 5.52. The predicted octanol–water partition coefficient (Wildman–Crippen LogP) is 8.29. The van der Waals surface area contributed by atoms with E-state index in [0.717, 1.165) is 42.4 Å². The van der Waals surface area contributed by atoms with E-state index < -0.39 is 0 Å². The van der Waals surface area contributed by atoms with Crippen molar-refractivity contribution in [3.05, 3.63) is 0 Å². The first kappa shape index (κ1) is 21.2. The van der Waals surface area contributed by atoms with Crippen LogP contribution in [0.4, 0.5) is 0 Å². The van der Waals surface area contributed by atoms with Crippen LogP contribution in [-0.2, 0) is 0 Å². The first-order valence-electron chi connectivity index (χ1n) is 12.6. The molecule has 3 aliphatic rings. The molecule has 2 atom stereocenters. The average Bonchev–Trinajstić information content (AvgIpc) is 2.74. The maximum atomic E-state index is 9.71. The van der Waals surface area contributed by atoms with Crippen LogP contribution in [0.5, 0.6) is 0 Å². The van der Waals surface area contributed by atoms with Gasteiger partial charge in [-0.25, -0.2) is 0 Å². The number of nitriles is 1. The molecule has 0 aliphatic heterocycles. The van der Waals surface area contributed by atoms with Crippen molar-refractivity contribution in [1.82, 2.24) is 0 Å². The van der Waals surface area contributed by atoms with E-state index in [1.54, 1.807) is 0 Å². The minimum absolute atomic E-state index is 0.0237. The molecule has 0 aromatic carbocycles. The van der Waals surface area contributed by atoms with Crippen molar-refractivity contribution in [2.45, 2.75) is 123 Å². The van der Waals surface area contributed by atoms with Gasteiger partial charge in [0.25, 0.3) is 0 Å². The van der Waals surface area contributed by atoms with Gasteiger partial charge in [-0.1, -0.05) is 65.2 Å². The molecule has 0 bridgehead atoms. The summed E-state index contributed by atoms with van der Waals surface area (Å²) in [5.41, 5.74) is 0.0237. The third-order valence-electron chi connectivity index (χ3n) is 9.05. The molecule has 2 unspecified atom stereocenters. The second kappa shape index (κ2) is 10.3. The van der Waals surface area contributed by atoms with Crippen LogP contribution in [-0.4, -0.2) is 0 Å². The molecule has 3 saturated carbocycles. The summed E-state index contributed by atoms with van der Waals surface area (Å²) in [6, 6.07) is 2.72. The fourth-order valence-corrected chi connectivity index (χ4v) is 7.03. The van der Waals surface area contributed by atoms with Gasteiger partial charge in [-0.2, -0.15) is 5.26 Å². The highest BCUT2D eigenvalue weighted by molar-refractivity contribution is 5.02. The lowest BCUT2D eigenvalue weighted by molar-refractivity contribution is 0.0838. The predicted molar refractivity (Wildman–Crippen MR) is 115 cm³/mol. The molecule has 3 aliphatic carbocycles. The topological polar surface area (TPSA) is 23.8 Å². The van der Waals surface area contributed by atoms with E-state index in [9.17, 15) is 5.26 Å². The Balaban J connectivity index is 1.40. The largest absolute Gasteiger partial charge is 0.198 e. The van der Waals surface area contributed by atoms with Crippen LogP contribution < -0.4 is 0 Å². The summed E-state index contributed by atoms with van der Waals surface area (Å²) >= 11 is 0. The molecule has 0 saturated heterocycles. The summed E-state index contributed by atoms with van der Waals surface area (Å²) in [4.78, 5) is 0. The van der Waals surface area contributed by atoms with Gasteiger partial charge in [0, 0.05) is 0 Å². The highest BCUT2D eigenvalue weighted by atomic mass is 14.5. The molecule has 0 aromatic rings. The van der Waals surface area contributed by atoms with Crippen LogP contribution in [0.2, 0.25) is 0 Å². The van der Waals surface area contributed by atoms with Crippen LogP contribution in [0.15, 0.2) is 0 Å². The average molecular weight is 372 g/mol. The second-order valence-corrected chi connectivity index (χ2v) is 10.6. The summed E-state index contributed by atoms with van der Waals surface area (Å²) < 4.78 is 0. The maximum absolute atomic E-state index is 9.71. The minimum atomic E-state index is 0.0237. The second-order valence-electron chi connectivity index (χ2n) is 10.6. The number of unbranched alkanes of at least 4 members (excludes halogenated alkanes) is 2. The lowest BCUT2D eigenvalue weighted by atomic mass is 9.61. The molecule has 3 rings (SSSR count). The molecule has 0 spiro atoms. The summed E-state index contributed by atoms with van der Waals surface area (Å²) in [6.07, 6.45) is 24.0. The Hall–Kier alpha value is -0.510. The van der Waals surface area contributed by atoms with Crippen molar-refractivity contribution in [2.24, 2.45) is 35.0 Å². The van der Waals surface area contributed by atoms with Gasteiger partial charge < -0.3 is 0 Å². The monoisotopic (exact) mass is 371 g/mol. The number of rotatable bonds is 7. The number of hydrogen-bond donors (Lipinski definition) is 0. The van der Waals surface area contributed by atoms with Crippen molar-refractivity contribution >= 4 is 0 Å². The molecule has 0 heterocycles. The number of hydrogen-bond acceptors (Lipinski definition) is 1. The maximum Gasteiger partial charge on any atom is 0.0689 e. The fourth-order valence-electron chi connectivity index (χ4n) is 7.03. The van der Waals surface area contributed by atoms with Gasteiger partial charge in [0.2, 0.25) is 0 Å². The van der Waals surface area contributed by atoms with Crippen molar-refractivity contribution in [3.63, 3.8) is 0 Å². The Kier molecular flexibility index (Phi) is 8.10. The molecule has 1 nitrogen and oxygen atoms in total. The SMILES string of the molecule is CCCCC[C@H]1CC[C@H]([C@H]2CC[C@H](C3CCCC(C#N)(CC)C3)CC2)CC1. The molecular formula is C26H45N. The lowest BCUT2D eigenvalue weighted by Crippen LogP contribution is -2.33. The van der Waals surface area contributed by atoms with E-state index in [4.69, 9.17) is 0 Å². The van der Waals surface area contributed by atoms with Gasteiger partial charge >= 0.3 is 0 Å². The summed E-state index contributed by atoms with van der Waals surface area (Å²) in [5, 5.41) is 9.71. The van der Waals surface area contributed by atoms with Gasteiger partial charge in [-0.3, -0.25) is 0 Å². The highest BCUT2D eigenvalue weighted by Gasteiger charge is 2.40. The van der Waals surface area contributed by atoms with Crippen LogP contribution in [0, 0.1) is 46.3 Å². The van der Waals surface area contributed by atoms with E-state index >= 15 is 0 Å². The molecule has 0 radical (unpaired) electrons. The van der Waals surface area contributed by atoms with Gasteiger partial charge in [0.05, 0.1) is 11.5 Å². The Morgan fingerprint density at radius 3 is 1.93 bits per heavy atom. The van der Waals surface area contributed by atoms with Crippen molar-refractivity contribution in [1.29, 1.82) is 5.26 Å². The van der Waals surface area contributed by atoms with Crippen LogP contribution in [0.1, 0.15) is 123 Å². The van der Waals surface area contributed by atoms with Crippen LogP contribution in [0.25, 0.3) is 0 Å². The first-order chi connectivity index (χ1) is 13.2. The molecule has 154 valence electrons. The summed E-state index contributed by atoms with van der Waals surface area (Å²) in [7, 11) is 0. The molecule has 1 heteroatoms. The molecule has 0 N–H and O–H groups in total. The third-order valence-corrected chi connectivity index (χ3v) is 9.05. The summed E-state index contributed by atoms with van der Waals surface area (Å²) in [5.74, 6) is 4.93. The van der Waals surface area contributed by atoms with Gasteiger partial charge in [-0.15, -0.1) is 0 Å². The molecule has 0 amide bonds. The number of nitrogens with zero attached hydrogens (tertiary/aromatic N) is 1. The Morgan fingerprint density at radius 2 is 1.37 bits per heavy atom. The zero-order chi connectivity index (χ0) is 19.1. The van der Waals surface area contributed by atoms with E-state index in [-0.39, 0.29) is 5.41 Å². The van der Waals surface area contributed by atoms with Crippen molar-refractivity contribution in [2.75, 3.05) is 0 Å². The van der Waals surface area contributed by atoms with Gasteiger partial charge in [0.15, 0.2) is 0 Å². The van der Waals surface area contributed by atoms with E-state index in [2.05, 4.69) is 19.9 Å². The molecule has 27 heavy (non-hydrogen) atoms. The zero-order valence-electron chi connectivity index (χ0n) is 18.4. The van der Waals surface area contributed by atoms with Crippen molar-refractivity contribution in [3.8, 4) is 6.07 Å². The van der Waals surface area contributed by atoms with E-state index in [1.807, 2.05) is 0 Å². The highest BCUT2D eigenvalue weighted by Crippen LogP contribution is 2.49. The molecule has 0 aromatic heterocycles. The molecule has 3 fully saturated rings.